The van der Waals surface area contributed by atoms with Gasteiger partial charge in [-0.05, 0) is 17.5 Å². The molecule has 0 aliphatic carbocycles. The molecule has 5 nitrogen and oxygen atoms in total. The van der Waals surface area contributed by atoms with Gasteiger partial charge in [0.25, 0.3) is 0 Å². The first kappa shape index (κ1) is 17.7. The Labute approximate surface area is 151 Å². The van der Waals surface area contributed by atoms with Crippen LogP contribution in [0.3, 0.4) is 0 Å². The molecular formula is C18H21ClFN3O2. The molecule has 25 heavy (non-hydrogen) atoms. The van der Waals surface area contributed by atoms with Gasteiger partial charge in [-0.25, -0.2) is 9.37 Å². The Morgan fingerprint density at radius 3 is 2.88 bits per heavy atom. The van der Waals surface area contributed by atoms with Crippen LogP contribution in [0, 0.1) is 11.2 Å². The number of rotatable bonds is 3. The summed E-state index contributed by atoms with van der Waals surface area (Å²) in [6.45, 7) is 7.05. The highest BCUT2D eigenvalue weighted by molar-refractivity contribution is 6.34. The second-order valence-electron chi connectivity index (χ2n) is 7.46. The van der Waals surface area contributed by atoms with Crippen molar-refractivity contribution >= 4 is 28.9 Å². The molecule has 0 fully saturated rings. The number of hydrogen-bond acceptors (Lipinski definition) is 4. The highest BCUT2D eigenvalue weighted by Crippen LogP contribution is 2.33. The number of oxazole rings is 1. The number of amides is 1. The van der Waals surface area contributed by atoms with Crippen molar-refractivity contribution in [1.82, 2.24) is 4.98 Å². The topological polar surface area (TPSA) is 58.4 Å². The second-order valence-corrected chi connectivity index (χ2v) is 7.87. The molecule has 1 aliphatic rings. The van der Waals surface area contributed by atoms with Crippen LogP contribution in [0.15, 0.2) is 22.9 Å². The van der Waals surface area contributed by atoms with Crippen molar-refractivity contribution in [2.24, 2.45) is 5.41 Å². The summed E-state index contributed by atoms with van der Waals surface area (Å²) < 4.78 is 19.9. The molecule has 0 bridgehead atoms. The van der Waals surface area contributed by atoms with Crippen molar-refractivity contribution in [3.8, 4) is 0 Å². The third kappa shape index (κ3) is 4.12. The highest BCUT2D eigenvalue weighted by atomic mass is 35.5. The SMILES string of the molecule is CC(C)(C)CC(=O)Nc1c(F)cc(N2CCc3ncoc3C2)cc1Cl. The fourth-order valence-electron chi connectivity index (χ4n) is 2.87. The number of halogens is 2. The molecule has 0 unspecified atom stereocenters. The lowest BCUT2D eigenvalue weighted by Crippen LogP contribution is -2.30. The normalized spacial score (nSPS) is 14.4. The Hall–Kier alpha value is -2.08. The van der Waals surface area contributed by atoms with E-state index >= 15 is 0 Å². The Bertz CT molecular complexity index is 775. The molecule has 2 heterocycles. The van der Waals surface area contributed by atoms with Crippen LogP contribution in [0.25, 0.3) is 0 Å². The minimum atomic E-state index is -0.548. The second kappa shape index (κ2) is 6.67. The number of carbonyl (C=O) groups excluding carboxylic acids is 1. The summed E-state index contributed by atoms with van der Waals surface area (Å²) in [6, 6.07) is 3.05. The van der Waals surface area contributed by atoms with Gasteiger partial charge in [0, 0.05) is 25.1 Å². The van der Waals surface area contributed by atoms with Crippen LogP contribution in [-0.2, 0) is 17.8 Å². The number of fused-ring (bicyclic) bond motifs is 1. The van der Waals surface area contributed by atoms with E-state index in [4.69, 9.17) is 16.0 Å². The average molecular weight is 366 g/mol. The largest absolute Gasteiger partial charge is 0.446 e. The van der Waals surface area contributed by atoms with Crippen molar-refractivity contribution in [2.75, 3.05) is 16.8 Å². The first-order valence-corrected chi connectivity index (χ1v) is 8.56. The van der Waals surface area contributed by atoms with E-state index in [1.54, 1.807) is 6.07 Å². The molecule has 1 aliphatic heterocycles. The van der Waals surface area contributed by atoms with Crippen molar-refractivity contribution < 1.29 is 13.6 Å². The molecule has 3 rings (SSSR count). The Balaban J connectivity index is 1.78. The lowest BCUT2D eigenvalue weighted by atomic mass is 9.92. The monoisotopic (exact) mass is 365 g/mol. The van der Waals surface area contributed by atoms with Gasteiger partial charge in [0.15, 0.2) is 6.39 Å². The molecular weight excluding hydrogens is 345 g/mol. The molecule has 0 saturated carbocycles. The van der Waals surface area contributed by atoms with Crippen LogP contribution >= 0.6 is 11.6 Å². The van der Waals surface area contributed by atoms with E-state index in [-0.39, 0.29) is 28.5 Å². The van der Waals surface area contributed by atoms with Gasteiger partial charge in [-0.2, -0.15) is 0 Å². The quantitative estimate of drug-likeness (QED) is 0.875. The average Bonchev–Trinajstić information content (AvgIpc) is 2.96. The number of anilines is 2. The zero-order valence-corrected chi connectivity index (χ0v) is 15.3. The predicted molar refractivity (Wildman–Crippen MR) is 95.4 cm³/mol. The van der Waals surface area contributed by atoms with Crippen LogP contribution < -0.4 is 10.2 Å². The molecule has 1 amide bonds. The zero-order chi connectivity index (χ0) is 18.2. The zero-order valence-electron chi connectivity index (χ0n) is 14.5. The van der Waals surface area contributed by atoms with E-state index in [9.17, 15) is 9.18 Å². The summed E-state index contributed by atoms with van der Waals surface area (Å²) in [5, 5.41) is 2.76. The van der Waals surface area contributed by atoms with E-state index in [1.165, 1.54) is 12.5 Å². The number of carbonyl (C=O) groups is 1. The number of aromatic nitrogens is 1. The lowest BCUT2D eigenvalue weighted by Gasteiger charge is -2.28. The van der Waals surface area contributed by atoms with Gasteiger partial charge in [0.05, 0.1) is 22.9 Å². The maximum absolute atomic E-state index is 14.5. The standard InChI is InChI=1S/C18H21ClFN3O2/c1-18(2,3)8-16(24)22-17-12(19)6-11(7-13(17)20)23-5-4-14-15(9-23)25-10-21-14/h6-7,10H,4-5,8-9H2,1-3H3,(H,22,24). The van der Waals surface area contributed by atoms with E-state index < -0.39 is 5.82 Å². The van der Waals surface area contributed by atoms with Crippen LogP contribution in [0.1, 0.15) is 38.6 Å². The summed E-state index contributed by atoms with van der Waals surface area (Å²) >= 11 is 6.23. The van der Waals surface area contributed by atoms with Gasteiger partial charge in [-0.1, -0.05) is 32.4 Å². The van der Waals surface area contributed by atoms with Crippen LogP contribution in [0.4, 0.5) is 15.8 Å². The van der Waals surface area contributed by atoms with Gasteiger partial charge in [0.2, 0.25) is 5.91 Å². The van der Waals surface area contributed by atoms with E-state index in [1.807, 2.05) is 25.7 Å². The summed E-state index contributed by atoms with van der Waals surface area (Å²) in [4.78, 5) is 18.2. The van der Waals surface area contributed by atoms with Crippen LogP contribution in [-0.4, -0.2) is 17.4 Å². The summed E-state index contributed by atoms with van der Waals surface area (Å²) in [6.07, 6.45) is 2.44. The Morgan fingerprint density at radius 2 is 2.20 bits per heavy atom. The number of nitrogens with one attached hydrogen (secondary N) is 1. The van der Waals surface area contributed by atoms with Gasteiger partial charge >= 0.3 is 0 Å². The van der Waals surface area contributed by atoms with Crippen LogP contribution in [0.5, 0.6) is 0 Å². The van der Waals surface area contributed by atoms with Gasteiger partial charge in [0.1, 0.15) is 11.6 Å². The molecule has 0 saturated heterocycles. The molecule has 0 atom stereocenters. The fraction of sp³-hybridized carbons (Fsp3) is 0.444. The summed E-state index contributed by atoms with van der Waals surface area (Å²) in [7, 11) is 0. The van der Waals surface area contributed by atoms with E-state index in [0.717, 1.165) is 17.9 Å². The van der Waals surface area contributed by atoms with Crippen LogP contribution in [0.2, 0.25) is 5.02 Å². The Morgan fingerprint density at radius 1 is 1.44 bits per heavy atom. The molecule has 7 heteroatoms. The molecule has 0 radical (unpaired) electrons. The van der Waals surface area contributed by atoms with Crippen molar-refractivity contribution in [1.29, 1.82) is 0 Å². The lowest BCUT2D eigenvalue weighted by molar-refractivity contribution is -0.117. The Kier molecular flexibility index (Phi) is 4.73. The molecule has 1 aromatic carbocycles. The maximum atomic E-state index is 14.5. The summed E-state index contributed by atoms with van der Waals surface area (Å²) in [5.41, 5.74) is 1.43. The van der Waals surface area contributed by atoms with Crippen molar-refractivity contribution in [3.63, 3.8) is 0 Å². The molecule has 1 aromatic heterocycles. The molecule has 2 aromatic rings. The molecule has 1 N–H and O–H groups in total. The van der Waals surface area contributed by atoms with Gasteiger partial charge < -0.3 is 14.6 Å². The maximum Gasteiger partial charge on any atom is 0.225 e. The minimum absolute atomic E-state index is 0.0250. The number of hydrogen-bond donors (Lipinski definition) is 1. The predicted octanol–water partition coefficient (Wildman–Crippen LogP) is 4.40. The third-order valence-corrected chi connectivity index (χ3v) is 4.32. The fourth-order valence-corrected chi connectivity index (χ4v) is 3.12. The molecule has 0 spiro atoms. The van der Waals surface area contributed by atoms with Gasteiger partial charge in [-0.15, -0.1) is 0 Å². The number of nitrogens with zero attached hydrogens (tertiary/aromatic N) is 2. The minimum Gasteiger partial charge on any atom is -0.446 e. The first-order valence-electron chi connectivity index (χ1n) is 8.18. The van der Waals surface area contributed by atoms with Crippen molar-refractivity contribution in [2.45, 2.75) is 40.2 Å². The van der Waals surface area contributed by atoms with E-state index in [2.05, 4.69) is 10.3 Å². The highest BCUT2D eigenvalue weighted by Gasteiger charge is 2.23. The third-order valence-electron chi connectivity index (χ3n) is 4.03. The van der Waals surface area contributed by atoms with Gasteiger partial charge in [-0.3, -0.25) is 4.79 Å². The molecule has 134 valence electrons. The van der Waals surface area contributed by atoms with E-state index in [0.29, 0.717) is 18.8 Å². The van der Waals surface area contributed by atoms with Crippen molar-refractivity contribution in [3.05, 3.63) is 40.8 Å². The smallest absolute Gasteiger partial charge is 0.225 e. The first-order chi connectivity index (χ1) is 11.7. The number of benzene rings is 1. The summed E-state index contributed by atoms with van der Waals surface area (Å²) in [5.74, 6) is -0.0243.